The maximum absolute atomic E-state index is 5.87. The van der Waals surface area contributed by atoms with Gasteiger partial charge in [0.2, 0.25) is 0 Å². The lowest BCUT2D eigenvalue weighted by Crippen LogP contribution is -2.10. The van der Waals surface area contributed by atoms with Crippen LogP contribution in [0.2, 0.25) is 0 Å². The van der Waals surface area contributed by atoms with Gasteiger partial charge in [-0.15, -0.1) is 0 Å². The zero-order chi connectivity index (χ0) is 13.8. The first-order valence-electron chi connectivity index (χ1n) is 6.01. The van der Waals surface area contributed by atoms with E-state index in [0.29, 0.717) is 28.8 Å². The van der Waals surface area contributed by atoms with Crippen molar-refractivity contribution in [1.29, 1.82) is 0 Å². The average Bonchev–Trinajstić information content (AvgIpc) is 2.95. The summed E-state index contributed by atoms with van der Waals surface area (Å²) in [6.07, 6.45) is 0.744. The molecule has 0 bridgehead atoms. The Bertz CT molecular complexity index is 554. The first kappa shape index (κ1) is 13.4. The molecule has 0 saturated carbocycles. The lowest BCUT2D eigenvalue weighted by molar-refractivity contribution is 0.394. The number of nitrogens with zero attached hydrogens (tertiary/aromatic N) is 2. The molecule has 0 saturated heterocycles. The Kier molecular flexibility index (Phi) is 4.01. The molecule has 0 radical (unpaired) electrons. The van der Waals surface area contributed by atoms with Crippen LogP contribution in [0.1, 0.15) is 25.2 Å². The van der Waals surface area contributed by atoms with E-state index in [1.165, 1.54) is 0 Å². The highest BCUT2D eigenvalue weighted by molar-refractivity contribution is 5.65. The van der Waals surface area contributed by atoms with Crippen LogP contribution >= 0.6 is 0 Å². The van der Waals surface area contributed by atoms with Crippen LogP contribution < -0.4 is 15.2 Å². The van der Waals surface area contributed by atoms with Crippen molar-refractivity contribution in [1.82, 2.24) is 10.1 Å². The highest BCUT2D eigenvalue weighted by Gasteiger charge is 2.17. The number of hydrogen-bond donors (Lipinski definition) is 1. The van der Waals surface area contributed by atoms with Crippen LogP contribution in [0.15, 0.2) is 22.7 Å². The van der Waals surface area contributed by atoms with Crippen molar-refractivity contribution in [3.63, 3.8) is 0 Å². The maximum Gasteiger partial charge on any atom is 0.261 e. The topological polar surface area (TPSA) is 83.4 Å². The monoisotopic (exact) mass is 263 g/mol. The molecule has 0 aliphatic carbocycles. The fourth-order valence-corrected chi connectivity index (χ4v) is 1.66. The van der Waals surface area contributed by atoms with Crippen LogP contribution in [0.4, 0.5) is 0 Å². The van der Waals surface area contributed by atoms with Gasteiger partial charge in [0.15, 0.2) is 5.82 Å². The van der Waals surface area contributed by atoms with Gasteiger partial charge >= 0.3 is 0 Å². The molecule has 0 fully saturated rings. The number of methoxy groups -OCH3 is 2. The summed E-state index contributed by atoms with van der Waals surface area (Å²) in [6.45, 7) is 1.97. The molecule has 0 amide bonds. The maximum atomic E-state index is 5.87. The third kappa shape index (κ3) is 2.68. The van der Waals surface area contributed by atoms with E-state index >= 15 is 0 Å². The second-order valence-electron chi connectivity index (χ2n) is 4.04. The van der Waals surface area contributed by atoms with Crippen molar-refractivity contribution < 1.29 is 14.0 Å². The zero-order valence-electron chi connectivity index (χ0n) is 11.2. The van der Waals surface area contributed by atoms with Gasteiger partial charge < -0.3 is 19.7 Å². The van der Waals surface area contributed by atoms with Gasteiger partial charge in [-0.05, 0) is 24.6 Å². The van der Waals surface area contributed by atoms with Crippen LogP contribution in [0, 0.1) is 0 Å². The minimum atomic E-state index is -0.228. The molecule has 0 aliphatic rings. The van der Waals surface area contributed by atoms with E-state index in [1.807, 2.05) is 6.92 Å². The smallest absolute Gasteiger partial charge is 0.261 e. The molecule has 1 unspecified atom stereocenters. The van der Waals surface area contributed by atoms with Gasteiger partial charge in [-0.2, -0.15) is 4.98 Å². The second kappa shape index (κ2) is 5.71. The molecular formula is C13H17N3O3. The van der Waals surface area contributed by atoms with Crippen LogP contribution in [-0.2, 0) is 0 Å². The summed E-state index contributed by atoms with van der Waals surface area (Å²) in [7, 11) is 3.18. The van der Waals surface area contributed by atoms with Crippen molar-refractivity contribution in [3.05, 3.63) is 24.0 Å². The normalized spacial score (nSPS) is 12.2. The van der Waals surface area contributed by atoms with Crippen molar-refractivity contribution in [2.45, 2.75) is 19.4 Å². The van der Waals surface area contributed by atoms with Crippen molar-refractivity contribution in [2.75, 3.05) is 14.2 Å². The largest absolute Gasteiger partial charge is 0.497 e. The van der Waals surface area contributed by atoms with Gasteiger partial charge in [-0.3, -0.25) is 0 Å². The van der Waals surface area contributed by atoms with Gasteiger partial charge in [-0.1, -0.05) is 12.1 Å². The molecule has 6 nitrogen and oxygen atoms in total. The van der Waals surface area contributed by atoms with Gasteiger partial charge in [0.05, 0.1) is 25.8 Å². The first-order chi connectivity index (χ1) is 9.19. The predicted molar refractivity (Wildman–Crippen MR) is 70.1 cm³/mol. The Morgan fingerprint density at radius 2 is 2.11 bits per heavy atom. The zero-order valence-corrected chi connectivity index (χ0v) is 11.2. The standard InChI is InChI=1S/C13H17N3O3/c1-4-10(14)12-15-13(19-16-12)9-7-8(17-2)5-6-11(9)18-3/h5-7,10H,4,14H2,1-3H3. The van der Waals surface area contributed by atoms with Crippen molar-refractivity contribution in [3.8, 4) is 23.0 Å². The second-order valence-corrected chi connectivity index (χ2v) is 4.04. The predicted octanol–water partition coefficient (Wildman–Crippen LogP) is 2.16. The fraction of sp³-hybridized carbons (Fsp3) is 0.385. The summed E-state index contributed by atoms with van der Waals surface area (Å²) >= 11 is 0. The van der Waals surface area contributed by atoms with E-state index in [9.17, 15) is 0 Å². The number of ether oxygens (including phenoxy) is 2. The van der Waals surface area contributed by atoms with Gasteiger partial charge in [0.1, 0.15) is 11.5 Å². The van der Waals surface area contributed by atoms with Gasteiger partial charge in [0.25, 0.3) is 5.89 Å². The number of aromatic nitrogens is 2. The SMILES string of the molecule is CCC(N)c1noc(-c2cc(OC)ccc2OC)n1. The Morgan fingerprint density at radius 1 is 1.32 bits per heavy atom. The lowest BCUT2D eigenvalue weighted by Gasteiger charge is -2.07. The van der Waals surface area contributed by atoms with E-state index < -0.39 is 0 Å². The van der Waals surface area contributed by atoms with Crippen molar-refractivity contribution >= 4 is 0 Å². The van der Waals surface area contributed by atoms with Gasteiger partial charge in [-0.25, -0.2) is 0 Å². The third-order valence-corrected chi connectivity index (χ3v) is 2.85. The Balaban J connectivity index is 2.42. The molecule has 0 spiro atoms. The highest BCUT2D eigenvalue weighted by Crippen LogP contribution is 2.32. The number of rotatable bonds is 5. The molecule has 0 aliphatic heterocycles. The number of benzene rings is 1. The van der Waals surface area contributed by atoms with Gasteiger partial charge in [0, 0.05) is 0 Å². The summed E-state index contributed by atoms with van der Waals surface area (Å²) in [6, 6.07) is 5.15. The van der Waals surface area contributed by atoms with E-state index in [-0.39, 0.29) is 6.04 Å². The van der Waals surface area contributed by atoms with Crippen molar-refractivity contribution in [2.24, 2.45) is 5.73 Å². The van der Waals surface area contributed by atoms with E-state index in [0.717, 1.165) is 6.42 Å². The average molecular weight is 263 g/mol. The molecule has 2 aromatic rings. The van der Waals surface area contributed by atoms with E-state index in [1.54, 1.807) is 32.4 Å². The molecule has 2 N–H and O–H groups in total. The highest BCUT2D eigenvalue weighted by atomic mass is 16.5. The fourth-order valence-electron chi connectivity index (χ4n) is 1.66. The van der Waals surface area contributed by atoms with E-state index in [4.69, 9.17) is 19.7 Å². The summed E-state index contributed by atoms with van der Waals surface area (Å²) < 4.78 is 15.7. The first-order valence-corrected chi connectivity index (χ1v) is 6.01. The van der Waals surface area contributed by atoms with Crippen LogP contribution in [-0.4, -0.2) is 24.4 Å². The molecular weight excluding hydrogens is 246 g/mol. The van der Waals surface area contributed by atoms with E-state index in [2.05, 4.69) is 10.1 Å². The minimum Gasteiger partial charge on any atom is -0.497 e. The molecule has 6 heteroatoms. The number of hydrogen-bond acceptors (Lipinski definition) is 6. The molecule has 19 heavy (non-hydrogen) atoms. The number of nitrogens with two attached hydrogens (primary N) is 1. The Hall–Kier alpha value is -2.08. The molecule has 1 aromatic heterocycles. The minimum absolute atomic E-state index is 0.228. The quantitative estimate of drug-likeness (QED) is 0.890. The molecule has 1 aromatic carbocycles. The Morgan fingerprint density at radius 3 is 2.74 bits per heavy atom. The summed E-state index contributed by atoms with van der Waals surface area (Å²) in [5.41, 5.74) is 6.56. The lowest BCUT2D eigenvalue weighted by atomic mass is 10.2. The summed E-state index contributed by atoms with van der Waals surface area (Å²) in [5, 5.41) is 3.89. The van der Waals surface area contributed by atoms with Crippen LogP contribution in [0.25, 0.3) is 11.5 Å². The summed E-state index contributed by atoms with van der Waals surface area (Å²) in [5.74, 6) is 2.19. The third-order valence-electron chi connectivity index (χ3n) is 2.85. The summed E-state index contributed by atoms with van der Waals surface area (Å²) in [4.78, 5) is 4.30. The van der Waals surface area contributed by atoms with Crippen LogP contribution in [0.3, 0.4) is 0 Å². The molecule has 102 valence electrons. The van der Waals surface area contributed by atoms with Crippen LogP contribution in [0.5, 0.6) is 11.5 Å². The Labute approximate surface area is 111 Å². The molecule has 1 heterocycles. The molecule has 2 rings (SSSR count). The molecule has 1 atom stereocenters.